The second-order valence-corrected chi connectivity index (χ2v) is 3.81. The van der Waals surface area contributed by atoms with Gasteiger partial charge in [0, 0.05) is 12.3 Å². The van der Waals surface area contributed by atoms with E-state index in [1.165, 1.54) is 6.08 Å². The number of carbonyl (C=O) groups is 1. The van der Waals surface area contributed by atoms with Crippen LogP contribution in [0.3, 0.4) is 0 Å². The maximum atomic E-state index is 11.6. The van der Waals surface area contributed by atoms with E-state index in [0.29, 0.717) is 5.82 Å². The van der Waals surface area contributed by atoms with E-state index in [2.05, 4.69) is 10.3 Å². The zero-order chi connectivity index (χ0) is 13.5. The molecule has 0 spiro atoms. The van der Waals surface area contributed by atoms with E-state index >= 15 is 0 Å². The molecule has 4 nitrogen and oxygen atoms in total. The Bertz CT molecular complexity index is 562. The Morgan fingerprint density at radius 1 is 1.21 bits per heavy atom. The molecule has 0 aliphatic rings. The summed E-state index contributed by atoms with van der Waals surface area (Å²) in [6.45, 7) is 0. The third-order valence-electron chi connectivity index (χ3n) is 2.46. The molecule has 2 aromatic rings. The van der Waals surface area contributed by atoms with Crippen LogP contribution in [0.15, 0.2) is 54.7 Å². The van der Waals surface area contributed by atoms with Crippen LogP contribution in [0.5, 0.6) is 5.75 Å². The number of nitrogens with one attached hydrogen (secondary N) is 1. The number of hydrogen-bond donors (Lipinski definition) is 1. The number of amides is 1. The third kappa shape index (κ3) is 3.96. The zero-order valence-electron chi connectivity index (χ0n) is 10.5. The van der Waals surface area contributed by atoms with Gasteiger partial charge in [0.1, 0.15) is 11.6 Å². The first kappa shape index (κ1) is 12.8. The van der Waals surface area contributed by atoms with Gasteiger partial charge in [0.25, 0.3) is 0 Å². The van der Waals surface area contributed by atoms with Crippen molar-refractivity contribution in [2.75, 3.05) is 12.4 Å². The van der Waals surface area contributed by atoms with Gasteiger partial charge >= 0.3 is 0 Å². The minimum Gasteiger partial charge on any atom is -0.497 e. The highest BCUT2D eigenvalue weighted by molar-refractivity contribution is 6.01. The first-order valence-electron chi connectivity index (χ1n) is 5.82. The summed E-state index contributed by atoms with van der Waals surface area (Å²) >= 11 is 0. The summed E-state index contributed by atoms with van der Waals surface area (Å²) in [5.41, 5.74) is 0.928. The minimum atomic E-state index is -0.213. The Morgan fingerprint density at radius 3 is 2.63 bits per heavy atom. The van der Waals surface area contributed by atoms with Crippen molar-refractivity contribution in [3.05, 3.63) is 60.3 Å². The molecular weight excluding hydrogens is 240 g/mol. The monoisotopic (exact) mass is 254 g/mol. The van der Waals surface area contributed by atoms with E-state index in [4.69, 9.17) is 4.74 Å². The van der Waals surface area contributed by atoms with E-state index < -0.39 is 0 Å². The van der Waals surface area contributed by atoms with Gasteiger partial charge in [-0.25, -0.2) is 4.98 Å². The van der Waals surface area contributed by atoms with Gasteiger partial charge in [0.05, 0.1) is 7.11 Å². The molecule has 19 heavy (non-hydrogen) atoms. The van der Waals surface area contributed by atoms with Gasteiger partial charge in [-0.15, -0.1) is 0 Å². The van der Waals surface area contributed by atoms with E-state index in [1.807, 2.05) is 30.3 Å². The van der Waals surface area contributed by atoms with Gasteiger partial charge in [-0.3, -0.25) is 4.79 Å². The minimum absolute atomic E-state index is 0.213. The van der Waals surface area contributed by atoms with Crippen LogP contribution in [0.1, 0.15) is 5.56 Å². The number of nitrogens with zero attached hydrogens (tertiary/aromatic N) is 1. The molecule has 0 aliphatic carbocycles. The van der Waals surface area contributed by atoms with Crippen molar-refractivity contribution < 1.29 is 9.53 Å². The molecule has 4 heteroatoms. The molecule has 0 aliphatic heterocycles. The maximum absolute atomic E-state index is 11.6. The fourth-order valence-corrected chi connectivity index (χ4v) is 1.49. The molecule has 0 unspecified atom stereocenters. The number of rotatable bonds is 4. The highest BCUT2D eigenvalue weighted by Gasteiger charge is 1.97. The van der Waals surface area contributed by atoms with Crippen LogP contribution in [-0.4, -0.2) is 18.0 Å². The first-order chi connectivity index (χ1) is 9.28. The Labute approximate surface area is 111 Å². The Balaban J connectivity index is 1.96. The number of ether oxygens (including phenoxy) is 1. The van der Waals surface area contributed by atoms with Crippen molar-refractivity contribution >= 4 is 17.8 Å². The largest absolute Gasteiger partial charge is 0.497 e. The lowest BCUT2D eigenvalue weighted by Gasteiger charge is -2.00. The normalized spacial score (nSPS) is 10.4. The molecule has 0 saturated carbocycles. The molecule has 1 N–H and O–H groups in total. The van der Waals surface area contributed by atoms with Crippen LogP contribution in [0.25, 0.3) is 6.08 Å². The number of carbonyl (C=O) groups excluding carboxylic acids is 1. The van der Waals surface area contributed by atoms with Gasteiger partial charge in [-0.2, -0.15) is 0 Å². The smallest absolute Gasteiger partial charge is 0.249 e. The molecule has 0 saturated heterocycles. The molecule has 1 amide bonds. The highest BCUT2D eigenvalue weighted by Crippen LogP contribution is 2.12. The van der Waals surface area contributed by atoms with Crippen molar-refractivity contribution in [1.82, 2.24) is 4.98 Å². The summed E-state index contributed by atoms with van der Waals surface area (Å²) in [7, 11) is 1.62. The SMILES string of the molecule is COc1ccc(C=CC(=O)Nc2ccccn2)cc1. The summed E-state index contributed by atoms with van der Waals surface area (Å²) in [6, 6.07) is 12.8. The van der Waals surface area contributed by atoms with Crippen LogP contribution in [0.4, 0.5) is 5.82 Å². The van der Waals surface area contributed by atoms with E-state index in [1.54, 1.807) is 31.5 Å². The fraction of sp³-hybridized carbons (Fsp3) is 0.0667. The summed E-state index contributed by atoms with van der Waals surface area (Å²) in [6.07, 6.45) is 4.83. The van der Waals surface area contributed by atoms with Crippen molar-refractivity contribution in [1.29, 1.82) is 0 Å². The number of benzene rings is 1. The fourth-order valence-electron chi connectivity index (χ4n) is 1.49. The topological polar surface area (TPSA) is 51.2 Å². The van der Waals surface area contributed by atoms with Crippen LogP contribution in [0.2, 0.25) is 0 Å². The molecule has 0 radical (unpaired) electrons. The molecule has 0 bridgehead atoms. The third-order valence-corrected chi connectivity index (χ3v) is 2.46. The maximum Gasteiger partial charge on any atom is 0.249 e. The molecule has 2 rings (SSSR count). The second-order valence-electron chi connectivity index (χ2n) is 3.81. The van der Waals surface area contributed by atoms with Gasteiger partial charge in [0.15, 0.2) is 0 Å². The van der Waals surface area contributed by atoms with Crippen molar-refractivity contribution in [3.63, 3.8) is 0 Å². The average molecular weight is 254 g/mol. The van der Waals surface area contributed by atoms with Gasteiger partial charge in [0.2, 0.25) is 5.91 Å². The quantitative estimate of drug-likeness (QED) is 0.853. The van der Waals surface area contributed by atoms with Crippen molar-refractivity contribution in [2.24, 2.45) is 0 Å². The van der Waals surface area contributed by atoms with Crippen LogP contribution in [0, 0.1) is 0 Å². The molecule has 1 aromatic carbocycles. The number of aromatic nitrogens is 1. The van der Waals surface area contributed by atoms with E-state index in [9.17, 15) is 4.79 Å². The molecule has 1 aromatic heterocycles. The average Bonchev–Trinajstić information content (AvgIpc) is 2.47. The number of pyridine rings is 1. The lowest BCUT2D eigenvalue weighted by molar-refractivity contribution is -0.111. The zero-order valence-corrected chi connectivity index (χ0v) is 10.5. The standard InChI is InChI=1S/C15H14N2O2/c1-19-13-8-5-12(6-9-13)7-10-15(18)17-14-4-2-3-11-16-14/h2-11H,1H3,(H,16,17,18). The van der Waals surface area contributed by atoms with Gasteiger partial charge < -0.3 is 10.1 Å². The predicted molar refractivity (Wildman–Crippen MR) is 74.9 cm³/mol. The van der Waals surface area contributed by atoms with Crippen LogP contribution in [-0.2, 0) is 4.79 Å². The Morgan fingerprint density at radius 2 is 2.00 bits per heavy atom. The number of methoxy groups -OCH3 is 1. The lowest BCUT2D eigenvalue weighted by atomic mass is 10.2. The lowest BCUT2D eigenvalue weighted by Crippen LogP contribution is -2.08. The molecular formula is C15H14N2O2. The van der Waals surface area contributed by atoms with E-state index in [-0.39, 0.29) is 5.91 Å². The Kier molecular flexibility index (Phi) is 4.29. The summed E-state index contributed by atoms with van der Waals surface area (Å²) in [5, 5.41) is 2.67. The number of anilines is 1. The summed E-state index contributed by atoms with van der Waals surface area (Å²) in [5.74, 6) is 1.11. The van der Waals surface area contributed by atoms with Gasteiger partial charge in [-0.1, -0.05) is 18.2 Å². The summed E-state index contributed by atoms with van der Waals surface area (Å²) < 4.78 is 5.06. The molecule has 96 valence electrons. The van der Waals surface area contributed by atoms with Crippen molar-refractivity contribution in [3.8, 4) is 5.75 Å². The van der Waals surface area contributed by atoms with Crippen molar-refractivity contribution in [2.45, 2.75) is 0 Å². The second kappa shape index (κ2) is 6.35. The molecule has 0 fully saturated rings. The van der Waals surface area contributed by atoms with Crippen LogP contribution < -0.4 is 10.1 Å². The summed E-state index contributed by atoms with van der Waals surface area (Å²) in [4.78, 5) is 15.7. The molecule has 0 atom stereocenters. The predicted octanol–water partition coefficient (Wildman–Crippen LogP) is 2.74. The Hall–Kier alpha value is -2.62. The first-order valence-corrected chi connectivity index (χ1v) is 5.82. The molecule has 1 heterocycles. The van der Waals surface area contributed by atoms with Gasteiger partial charge in [-0.05, 0) is 35.9 Å². The highest BCUT2D eigenvalue weighted by atomic mass is 16.5. The number of hydrogen-bond acceptors (Lipinski definition) is 3. The van der Waals surface area contributed by atoms with E-state index in [0.717, 1.165) is 11.3 Å². The van der Waals surface area contributed by atoms with Crippen LogP contribution >= 0.6 is 0 Å².